The normalized spacial score (nSPS) is 15.1. The van der Waals surface area contributed by atoms with Gasteiger partial charge in [0.1, 0.15) is 5.75 Å². The van der Waals surface area contributed by atoms with Crippen molar-refractivity contribution in [2.75, 3.05) is 32.8 Å². The number of benzene rings is 2. The second-order valence-corrected chi connectivity index (χ2v) is 8.52. The molecule has 1 aliphatic rings. The zero-order valence-corrected chi connectivity index (χ0v) is 16.7. The number of sulfonamides is 1. The lowest BCUT2D eigenvalue weighted by atomic mass is 10.2. The van der Waals surface area contributed by atoms with Crippen molar-refractivity contribution in [1.29, 1.82) is 0 Å². The largest absolute Gasteiger partial charge is 0.484 e. The minimum atomic E-state index is -4.02. The summed E-state index contributed by atoms with van der Waals surface area (Å²) >= 11 is 0. The molecule has 29 heavy (non-hydrogen) atoms. The van der Waals surface area contributed by atoms with Crippen molar-refractivity contribution in [3.8, 4) is 5.75 Å². The number of hydrogen-bond donors (Lipinski definition) is 0. The van der Waals surface area contributed by atoms with E-state index in [9.17, 15) is 23.3 Å². The Morgan fingerprint density at radius 3 is 2.45 bits per heavy atom. The summed E-state index contributed by atoms with van der Waals surface area (Å²) < 4.78 is 32.3. The van der Waals surface area contributed by atoms with Gasteiger partial charge in [-0.25, -0.2) is 8.42 Å². The fraction of sp³-hybridized carbons (Fsp3) is 0.316. The van der Waals surface area contributed by atoms with Crippen LogP contribution in [0.5, 0.6) is 5.75 Å². The zero-order valence-electron chi connectivity index (χ0n) is 15.9. The summed E-state index contributed by atoms with van der Waals surface area (Å²) in [5, 5.41) is 11.2. The minimum absolute atomic E-state index is 0.0601. The maximum Gasteiger partial charge on any atom is 0.289 e. The van der Waals surface area contributed by atoms with E-state index in [0.717, 1.165) is 11.6 Å². The van der Waals surface area contributed by atoms with Crippen molar-refractivity contribution in [3.63, 3.8) is 0 Å². The molecule has 0 aliphatic carbocycles. The van der Waals surface area contributed by atoms with Crippen LogP contribution < -0.4 is 4.74 Å². The van der Waals surface area contributed by atoms with Crippen LogP contribution in [0.4, 0.5) is 5.69 Å². The molecule has 2 aromatic rings. The van der Waals surface area contributed by atoms with Gasteiger partial charge in [0.15, 0.2) is 11.5 Å². The maximum atomic E-state index is 12.8. The third kappa shape index (κ3) is 4.72. The molecule has 0 radical (unpaired) electrons. The smallest absolute Gasteiger partial charge is 0.289 e. The van der Waals surface area contributed by atoms with Crippen molar-refractivity contribution < 1.29 is 22.9 Å². The van der Waals surface area contributed by atoms with E-state index in [4.69, 9.17) is 4.74 Å². The molecule has 10 heteroatoms. The standard InChI is InChI=1S/C19H21N3O6S/c1-15-5-4-6-16(13-15)28-14-19(23)20-9-11-21(12-10-20)29(26,27)18-8-3-2-7-17(18)22(24)25/h2-8,13H,9-12,14H2,1H3. The Balaban J connectivity index is 1.61. The van der Waals surface area contributed by atoms with Gasteiger partial charge < -0.3 is 9.64 Å². The van der Waals surface area contributed by atoms with Crippen LogP contribution in [0, 0.1) is 17.0 Å². The molecule has 2 aromatic carbocycles. The quantitative estimate of drug-likeness (QED) is 0.522. The molecule has 0 atom stereocenters. The molecule has 0 saturated carbocycles. The van der Waals surface area contributed by atoms with Crippen LogP contribution in [0.25, 0.3) is 0 Å². The number of hydrogen-bond acceptors (Lipinski definition) is 6. The van der Waals surface area contributed by atoms with Crippen molar-refractivity contribution in [3.05, 3.63) is 64.2 Å². The van der Waals surface area contributed by atoms with Crippen LogP contribution in [0.3, 0.4) is 0 Å². The van der Waals surface area contributed by atoms with Crippen molar-refractivity contribution >= 4 is 21.6 Å². The van der Waals surface area contributed by atoms with Gasteiger partial charge in [0.05, 0.1) is 4.92 Å². The van der Waals surface area contributed by atoms with Gasteiger partial charge >= 0.3 is 0 Å². The van der Waals surface area contributed by atoms with Crippen LogP contribution in [-0.2, 0) is 14.8 Å². The molecule has 3 rings (SSSR count). The zero-order chi connectivity index (χ0) is 21.0. The lowest BCUT2D eigenvalue weighted by Gasteiger charge is -2.33. The highest BCUT2D eigenvalue weighted by atomic mass is 32.2. The molecular formula is C19H21N3O6S. The minimum Gasteiger partial charge on any atom is -0.484 e. The van der Waals surface area contributed by atoms with Gasteiger partial charge in [0.2, 0.25) is 10.0 Å². The van der Waals surface area contributed by atoms with Gasteiger partial charge in [0.25, 0.3) is 11.6 Å². The number of nitrogens with zero attached hydrogens (tertiary/aromatic N) is 3. The summed E-state index contributed by atoms with van der Waals surface area (Å²) in [5.41, 5.74) is 0.557. The second-order valence-electron chi connectivity index (χ2n) is 6.61. The molecule has 1 amide bonds. The summed E-state index contributed by atoms with van der Waals surface area (Å²) in [7, 11) is -4.02. The molecule has 1 fully saturated rings. The van der Waals surface area contributed by atoms with Crippen LogP contribution in [0.2, 0.25) is 0 Å². The molecule has 9 nitrogen and oxygen atoms in total. The highest BCUT2D eigenvalue weighted by Gasteiger charge is 2.34. The number of carbonyl (C=O) groups is 1. The Kier molecular flexibility index (Phi) is 6.14. The third-order valence-electron chi connectivity index (χ3n) is 4.62. The number of para-hydroxylation sites is 1. The fourth-order valence-electron chi connectivity index (χ4n) is 3.08. The molecule has 154 valence electrons. The summed E-state index contributed by atoms with van der Waals surface area (Å²) in [6.07, 6.45) is 0. The van der Waals surface area contributed by atoms with Crippen molar-refractivity contribution in [2.24, 2.45) is 0 Å². The maximum absolute atomic E-state index is 12.8. The average molecular weight is 419 g/mol. The molecular weight excluding hydrogens is 398 g/mol. The van der Waals surface area contributed by atoms with Crippen molar-refractivity contribution in [1.82, 2.24) is 9.21 Å². The Labute approximate surface area is 168 Å². The fourth-order valence-corrected chi connectivity index (χ4v) is 4.66. The number of ether oxygens (including phenoxy) is 1. The highest BCUT2D eigenvalue weighted by molar-refractivity contribution is 7.89. The van der Waals surface area contributed by atoms with Crippen LogP contribution in [-0.4, -0.2) is 61.2 Å². The number of carbonyl (C=O) groups excluding carboxylic acids is 1. The number of aryl methyl sites for hydroxylation is 1. The van der Waals surface area contributed by atoms with Gasteiger partial charge in [-0.15, -0.1) is 0 Å². The summed E-state index contributed by atoms with van der Waals surface area (Å²) in [5.74, 6) is 0.352. The first-order valence-corrected chi connectivity index (χ1v) is 10.4. The summed E-state index contributed by atoms with van der Waals surface area (Å²) in [4.78, 5) is 24.0. The van der Waals surface area contributed by atoms with E-state index >= 15 is 0 Å². The van der Waals surface area contributed by atoms with Gasteiger partial charge in [0, 0.05) is 32.2 Å². The topological polar surface area (TPSA) is 110 Å². The van der Waals surface area contributed by atoms with E-state index < -0.39 is 20.6 Å². The number of nitro groups is 1. The number of piperazine rings is 1. The molecule has 0 N–H and O–H groups in total. The first kappa shape index (κ1) is 20.7. The van der Waals surface area contributed by atoms with Gasteiger partial charge in [-0.2, -0.15) is 4.31 Å². The van der Waals surface area contributed by atoms with Crippen LogP contribution in [0.1, 0.15) is 5.56 Å². The summed E-state index contributed by atoms with van der Waals surface area (Å²) in [6.45, 7) is 2.28. The van der Waals surface area contributed by atoms with Gasteiger partial charge in [-0.3, -0.25) is 14.9 Å². The Bertz CT molecular complexity index is 1020. The molecule has 0 spiro atoms. The van der Waals surface area contributed by atoms with Crippen molar-refractivity contribution in [2.45, 2.75) is 11.8 Å². The molecule has 1 aliphatic heterocycles. The Morgan fingerprint density at radius 1 is 1.10 bits per heavy atom. The molecule has 0 unspecified atom stereocenters. The monoisotopic (exact) mass is 419 g/mol. The van der Waals surface area contributed by atoms with E-state index in [2.05, 4.69) is 0 Å². The first-order chi connectivity index (χ1) is 13.8. The van der Waals surface area contributed by atoms with E-state index in [1.54, 1.807) is 6.07 Å². The molecule has 1 heterocycles. The predicted octanol–water partition coefficient (Wildman–Crippen LogP) is 1.82. The van der Waals surface area contributed by atoms with E-state index in [-0.39, 0.29) is 43.6 Å². The summed E-state index contributed by atoms with van der Waals surface area (Å²) in [6, 6.07) is 12.6. The Hall–Kier alpha value is -2.98. The molecule has 1 saturated heterocycles. The highest BCUT2D eigenvalue weighted by Crippen LogP contribution is 2.27. The lowest BCUT2D eigenvalue weighted by Crippen LogP contribution is -2.51. The second kappa shape index (κ2) is 8.58. The number of rotatable bonds is 6. The van der Waals surface area contributed by atoms with Crippen LogP contribution >= 0.6 is 0 Å². The first-order valence-electron chi connectivity index (χ1n) is 9.00. The van der Waals surface area contributed by atoms with E-state index in [1.807, 2.05) is 25.1 Å². The van der Waals surface area contributed by atoms with Crippen LogP contribution in [0.15, 0.2) is 53.4 Å². The lowest BCUT2D eigenvalue weighted by molar-refractivity contribution is -0.387. The van der Waals surface area contributed by atoms with Gasteiger partial charge in [-0.05, 0) is 30.7 Å². The molecule has 0 bridgehead atoms. The van der Waals surface area contributed by atoms with E-state index in [0.29, 0.717) is 5.75 Å². The van der Waals surface area contributed by atoms with E-state index in [1.165, 1.54) is 27.4 Å². The molecule has 0 aromatic heterocycles. The third-order valence-corrected chi connectivity index (χ3v) is 6.57. The number of nitro benzene ring substituents is 1. The predicted molar refractivity (Wildman–Crippen MR) is 105 cm³/mol. The van der Waals surface area contributed by atoms with Gasteiger partial charge in [-0.1, -0.05) is 24.3 Å². The SMILES string of the molecule is Cc1cccc(OCC(=O)N2CCN(S(=O)(=O)c3ccccc3[N+](=O)[O-])CC2)c1. The average Bonchev–Trinajstić information content (AvgIpc) is 2.72. The Morgan fingerprint density at radius 2 is 1.79 bits per heavy atom. The number of amides is 1.